The molecule has 2 N–H and O–H groups in total. The molecule has 2 rings (SSSR count). The second-order valence-electron chi connectivity index (χ2n) is 5.71. The van der Waals surface area contributed by atoms with Crippen LogP contribution in [-0.4, -0.2) is 38.7 Å². The number of carbonyl (C=O) groups excluding carboxylic acids is 1. The number of nitrogens with zero attached hydrogens (tertiary/aromatic N) is 1. The van der Waals surface area contributed by atoms with Crippen molar-refractivity contribution in [1.29, 1.82) is 0 Å². The molecule has 0 aliphatic heterocycles. The fraction of sp³-hybridized carbons (Fsp3) is 0.278. The van der Waals surface area contributed by atoms with Crippen molar-refractivity contribution >= 4 is 34.9 Å². The summed E-state index contributed by atoms with van der Waals surface area (Å²) < 4.78 is 5.18. The van der Waals surface area contributed by atoms with Gasteiger partial charge in [0.15, 0.2) is 0 Å². The number of likely N-dealkylation sites (N-methyl/N-ethyl adjacent to an activating group) is 1. The van der Waals surface area contributed by atoms with Gasteiger partial charge >= 0.3 is 6.03 Å². The van der Waals surface area contributed by atoms with Gasteiger partial charge in [-0.3, -0.25) is 0 Å². The van der Waals surface area contributed by atoms with Crippen molar-refractivity contribution in [3.8, 4) is 5.75 Å². The zero-order valence-electron chi connectivity index (χ0n) is 14.3. The van der Waals surface area contributed by atoms with Gasteiger partial charge < -0.3 is 20.3 Å². The number of hydrogen-bond donors (Lipinski definition) is 2. The number of urea groups is 1. The van der Waals surface area contributed by atoms with E-state index >= 15 is 0 Å². The molecule has 0 bridgehead atoms. The van der Waals surface area contributed by atoms with Gasteiger partial charge in [-0.2, -0.15) is 0 Å². The quantitative estimate of drug-likeness (QED) is 0.777. The third-order valence-corrected chi connectivity index (χ3v) is 4.31. The third-order valence-electron chi connectivity index (χ3n) is 3.76. The predicted molar refractivity (Wildman–Crippen MR) is 103 cm³/mol. The molecule has 0 spiro atoms. The standard InChI is InChI=1S/C18H21Cl2N3O2/c1-23(2)17(12-4-7-14(25-3)8-5-12)11-21-18(24)22-16-9-6-13(19)10-15(16)20/h4-10,17H,11H2,1-3H3,(H2,21,22,24). The largest absolute Gasteiger partial charge is 0.497 e. The molecule has 2 aromatic rings. The Hall–Kier alpha value is -1.95. The Kier molecular flexibility index (Phi) is 6.93. The molecule has 2 amide bonds. The molecule has 0 fully saturated rings. The number of methoxy groups -OCH3 is 1. The van der Waals surface area contributed by atoms with E-state index in [2.05, 4.69) is 10.6 Å². The van der Waals surface area contributed by atoms with E-state index in [9.17, 15) is 4.79 Å². The number of amides is 2. The van der Waals surface area contributed by atoms with Crippen molar-refractivity contribution in [2.45, 2.75) is 6.04 Å². The minimum Gasteiger partial charge on any atom is -0.497 e. The lowest BCUT2D eigenvalue weighted by Crippen LogP contribution is -2.36. The Labute approximate surface area is 157 Å². The number of ether oxygens (including phenoxy) is 1. The maximum absolute atomic E-state index is 12.2. The number of halogens is 2. The van der Waals surface area contributed by atoms with Gasteiger partial charge in [0.05, 0.1) is 23.9 Å². The minimum atomic E-state index is -0.329. The topological polar surface area (TPSA) is 53.6 Å². The second kappa shape index (κ2) is 8.94. The number of anilines is 1. The van der Waals surface area contributed by atoms with Crippen molar-refractivity contribution in [2.24, 2.45) is 0 Å². The van der Waals surface area contributed by atoms with E-state index in [1.54, 1.807) is 25.3 Å². The number of hydrogen-bond acceptors (Lipinski definition) is 3. The van der Waals surface area contributed by atoms with Crippen molar-refractivity contribution in [3.63, 3.8) is 0 Å². The van der Waals surface area contributed by atoms with Crippen molar-refractivity contribution in [1.82, 2.24) is 10.2 Å². The van der Waals surface area contributed by atoms with Crippen LogP contribution in [-0.2, 0) is 0 Å². The SMILES string of the molecule is COc1ccc(C(CNC(=O)Nc2ccc(Cl)cc2Cl)N(C)C)cc1. The van der Waals surface area contributed by atoms with Gasteiger partial charge in [-0.25, -0.2) is 4.79 Å². The summed E-state index contributed by atoms with van der Waals surface area (Å²) in [5, 5.41) is 6.50. The lowest BCUT2D eigenvalue weighted by atomic mass is 10.1. The molecule has 0 saturated heterocycles. The predicted octanol–water partition coefficient (Wildman–Crippen LogP) is 4.43. The van der Waals surface area contributed by atoms with Gasteiger partial charge in [0, 0.05) is 11.6 Å². The summed E-state index contributed by atoms with van der Waals surface area (Å²) in [4.78, 5) is 14.2. The van der Waals surface area contributed by atoms with Gasteiger partial charge in [-0.1, -0.05) is 35.3 Å². The van der Waals surface area contributed by atoms with Crippen molar-refractivity contribution in [2.75, 3.05) is 33.1 Å². The summed E-state index contributed by atoms with van der Waals surface area (Å²) in [6.45, 7) is 0.441. The second-order valence-corrected chi connectivity index (χ2v) is 6.56. The van der Waals surface area contributed by atoms with Crippen molar-refractivity contribution < 1.29 is 9.53 Å². The van der Waals surface area contributed by atoms with Crippen LogP contribution in [0.3, 0.4) is 0 Å². The number of rotatable bonds is 6. The van der Waals surface area contributed by atoms with Crippen LogP contribution in [0.5, 0.6) is 5.75 Å². The first kappa shape index (κ1) is 19.4. The van der Waals surface area contributed by atoms with E-state index in [0.29, 0.717) is 22.3 Å². The number of nitrogens with one attached hydrogen (secondary N) is 2. The Balaban J connectivity index is 1.99. The highest BCUT2D eigenvalue weighted by molar-refractivity contribution is 6.36. The highest BCUT2D eigenvalue weighted by atomic mass is 35.5. The summed E-state index contributed by atoms with van der Waals surface area (Å²) in [5.74, 6) is 0.796. The maximum Gasteiger partial charge on any atom is 0.319 e. The zero-order chi connectivity index (χ0) is 18.4. The minimum absolute atomic E-state index is 0.0253. The average Bonchev–Trinajstić information content (AvgIpc) is 2.58. The molecule has 0 aromatic heterocycles. The lowest BCUT2D eigenvalue weighted by molar-refractivity contribution is 0.243. The first-order chi connectivity index (χ1) is 11.9. The van der Waals surface area contributed by atoms with Gasteiger partial charge in [0.1, 0.15) is 5.75 Å². The first-order valence-corrected chi connectivity index (χ1v) is 8.46. The molecule has 0 aliphatic rings. The van der Waals surface area contributed by atoms with E-state index < -0.39 is 0 Å². The third kappa shape index (κ3) is 5.53. The molecule has 1 atom stereocenters. The molecular formula is C18H21Cl2N3O2. The summed E-state index contributed by atoms with van der Waals surface area (Å²) in [6.07, 6.45) is 0. The van der Waals surface area contributed by atoms with Gasteiger partial charge in [-0.05, 0) is 50.0 Å². The first-order valence-electron chi connectivity index (χ1n) is 7.71. The Morgan fingerprint density at radius 3 is 2.40 bits per heavy atom. The van der Waals surface area contributed by atoms with Gasteiger partial charge in [0.2, 0.25) is 0 Å². The Bertz CT molecular complexity index is 721. The molecule has 134 valence electrons. The van der Waals surface area contributed by atoms with E-state index in [-0.39, 0.29) is 12.1 Å². The molecule has 0 radical (unpaired) electrons. The number of carbonyl (C=O) groups is 1. The van der Waals surface area contributed by atoms with Gasteiger partial charge in [0.25, 0.3) is 0 Å². The van der Waals surface area contributed by atoms with Crippen LogP contribution in [0.15, 0.2) is 42.5 Å². The van der Waals surface area contributed by atoms with E-state index in [1.807, 2.05) is 43.3 Å². The molecule has 0 saturated carbocycles. The molecular weight excluding hydrogens is 361 g/mol. The highest BCUT2D eigenvalue weighted by Gasteiger charge is 2.16. The normalized spacial score (nSPS) is 11.9. The maximum atomic E-state index is 12.2. The van der Waals surface area contributed by atoms with Crippen LogP contribution in [0.2, 0.25) is 10.0 Å². The smallest absolute Gasteiger partial charge is 0.319 e. The Morgan fingerprint density at radius 2 is 1.84 bits per heavy atom. The fourth-order valence-electron chi connectivity index (χ4n) is 2.37. The monoisotopic (exact) mass is 381 g/mol. The highest BCUT2D eigenvalue weighted by Crippen LogP contribution is 2.25. The van der Waals surface area contributed by atoms with Crippen LogP contribution in [0.25, 0.3) is 0 Å². The Morgan fingerprint density at radius 1 is 1.16 bits per heavy atom. The van der Waals surface area contributed by atoms with Crippen LogP contribution in [0, 0.1) is 0 Å². The molecule has 2 aromatic carbocycles. The zero-order valence-corrected chi connectivity index (χ0v) is 15.9. The van der Waals surface area contributed by atoms with Crippen LogP contribution in [0.4, 0.5) is 10.5 Å². The average molecular weight is 382 g/mol. The van der Waals surface area contributed by atoms with E-state index in [0.717, 1.165) is 11.3 Å². The summed E-state index contributed by atoms with van der Waals surface area (Å²) in [5.41, 5.74) is 1.59. The molecule has 0 heterocycles. The molecule has 7 heteroatoms. The molecule has 25 heavy (non-hydrogen) atoms. The van der Waals surface area contributed by atoms with Crippen LogP contribution >= 0.6 is 23.2 Å². The molecule has 5 nitrogen and oxygen atoms in total. The molecule has 0 aliphatic carbocycles. The number of benzene rings is 2. The lowest BCUT2D eigenvalue weighted by Gasteiger charge is -2.25. The van der Waals surface area contributed by atoms with E-state index in [4.69, 9.17) is 27.9 Å². The van der Waals surface area contributed by atoms with Crippen molar-refractivity contribution in [3.05, 3.63) is 58.1 Å². The van der Waals surface area contributed by atoms with E-state index in [1.165, 1.54) is 0 Å². The van der Waals surface area contributed by atoms with Crippen LogP contribution < -0.4 is 15.4 Å². The molecule has 1 unspecified atom stereocenters. The van der Waals surface area contributed by atoms with Gasteiger partial charge in [-0.15, -0.1) is 0 Å². The summed E-state index contributed by atoms with van der Waals surface area (Å²) >= 11 is 11.9. The van der Waals surface area contributed by atoms with Crippen LogP contribution in [0.1, 0.15) is 11.6 Å². The fourth-order valence-corrected chi connectivity index (χ4v) is 2.83. The summed E-state index contributed by atoms with van der Waals surface area (Å²) in [7, 11) is 5.56. The summed E-state index contributed by atoms with van der Waals surface area (Å²) in [6, 6.07) is 12.4.